The molecule has 0 radical (unpaired) electrons. The van der Waals surface area contributed by atoms with Crippen molar-refractivity contribution in [1.29, 1.82) is 0 Å². The maximum Gasteiger partial charge on any atom is 0.327 e. The fourth-order valence-corrected chi connectivity index (χ4v) is 5.32. The van der Waals surface area contributed by atoms with Gasteiger partial charge in [0.15, 0.2) is 4.75 Å². The summed E-state index contributed by atoms with van der Waals surface area (Å²) in [5.74, 6) is -2.85. The normalized spacial score (nSPS) is 14.5. The zero-order valence-corrected chi connectivity index (χ0v) is 19.9. The Labute approximate surface area is 182 Å². The minimum Gasteiger partial charge on any atom is -0.480 e. The van der Waals surface area contributed by atoms with Gasteiger partial charge in [0.25, 0.3) is 20.2 Å². The Morgan fingerprint density at radius 1 is 0.667 bits per heavy atom. The van der Waals surface area contributed by atoms with Gasteiger partial charge in [-0.15, -0.1) is 0 Å². The van der Waals surface area contributed by atoms with Crippen LogP contribution in [0.2, 0.25) is 0 Å². The Morgan fingerprint density at radius 2 is 1.03 bits per heavy atom. The van der Waals surface area contributed by atoms with Crippen LogP contribution in [0, 0.1) is 0 Å². The average molecular weight is 473 g/mol. The molecule has 30 heavy (non-hydrogen) atoms. The van der Waals surface area contributed by atoms with Crippen molar-refractivity contribution in [2.45, 2.75) is 114 Å². The lowest BCUT2D eigenvalue weighted by molar-refractivity contribution is -0.140. The van der Waals surface area contributed by atoms with Crippen LogP contribution in [-0.4, -0.2) is 47.5 Å². The lowest BCUT2D eigenvalue weighted by Crippen LogP contribution is -2.47. The van der Waals surface area contributed by atoms with Gasteiger partial charge in [0, 0.05) is 0 Å². The van der Waals surface area contributed by atoms with E-state index >= 15 is 0 Å². The van der Waals surface area contributed by atoms with Gasteiger partial charge >= 0.3 is 5.97 Å². The van der Waals surface area contributed by atoms with E-state index in [9.17, 15) is 31.3 Å². The van der Waals surface area contributed by atoms with Crippen molar-refractivity contribution in [3.05, 3.63) is 0 Å². The maximum absolute atomic E-state index is 11.7. The summed E-state index contributed by atoms with van der Waals surface area (Å²) < 4.78 is 60.8. The first-order chi connectivity index (χ1) is 14.0. The Balaban J connectivity index is 4.12. The minimum atomic E-state index is -5.04. The molecule has 0 saturated carbocycles. The number of hydrogen-bond donors (Lipinski definition) is 3. The second-order valence-corrected chi connectivity index (χ2v) is 11.5. The molecule has 180 valence electrons. The molecule has 0 aliphatic carbocycles. The van der Waals surface area contributed by atoms with Gasteiger partial charge < -0.3 is 5.11 Å². The van der Waals surface area contributed by atoms with E-state index in [0.29, 0.717) is 6.42 Å². The summed E-state index contributed by atoms with van der Waals surface area (Å²) in [6.45, 7) is 2.21. The number of aliphatic carboxylic acids is 1. The van der Waals surface area contributed by atoms with E-state index < -0.39 is 49.5 Å². The molecule has 1 atom stereocenters. The quantitative estimate of drug-likeness (QED) is 0.168. The lowest BCUT2D eigenvalue weighted by atomic mass is 9.96. The van der Waals surface area contributed by atoms with E-state index in [2.05, 4.69) is 6.92 Å². The summed E-state index contributed by atoms with van der Waals surface area (Å²) in [7, 11) is -9.59. The van der Waals surface area contributed by atoms with Crippen molar-refractivity contribution >= 4 is 26.2 Å². The van der Waals surface area contributed by atoms with Crippen LogP contribution in [0.1, 0.15) is 110 Å². The molecular weight excluding hydrogens is 432 g/mol. The molecule has 1 unspecified atom stereocenters. The second-order valence-electron chi connectivity index (χ2n) is 8.16. The summed E-state index contributed by atoms with van der Waals surface area (Å²) >= 11 is 0. The first kappa shape index (κ1) is 29.3. The first-order valence-electron chi connectivity index (χ1n) is 11.1. The molecule has 0 aromatic rings. The van der Waals surface area contributed by atoms with E-state index in [4.69, 9.17) is 4.55 Å². The van der Waals surface area contributed by atoms with Gasteiger partial charge in [0.05, 0.1) is 5.75 Å². The topological polar surface area (TPSA) is 146 Å². The molecule has 0 bridgehead atoms. The van der Waals surface area contributed by atoms with Gasteiger partial charge in [-0.25, -0.2) is 0 Å². The highest BCUT2D eigenvalue weighted by atomic mass is 32.2. The third-order valence-corrected chi connectivity index (χ3v) is 7.87. The van der Waals surface area contributed by atoms with E-state index in [1.165, 1.54) is 51.4 Å². The Hall–Kier alpha value is -0.710. The lowest BCUT2D eigenvalue weighted by Gasteiger charge is -2.25. The second kappa shape index (κ2) is 15.2. The van der Waals surface area contributed by atoms with Crippen LogP contribution in [0.3, 0.4) is 0 Å². The van der Waals surface area contributed by atoms with Gasteiger partial charge in [-0.3, -0.25) is 13.9 Å². The number of carboxylic acid groups (broad SMARTS) is 1. The number of rotatable bonds is 20. The van der Waals surface area contributed by atoms with Crippen LogP contribution in [-0.2, 0) is 25.0 Å². The molecule has 8 nitrogen and oxygen atoms in total. The predicted octanol–water partition coefficient (Wildman–Crippen LogP) is 4.85. The fraction of sp³-hybridized carbons (Fsp3) is 0.950. The highest BCUT2D eigenvalue weighted by molar-refractivity contribution is 7.88. The molecule has 0 saturated heterocycles. The van der Waals surface area contributed by atoms with E-state index in [-0.39, 0.29) is 6.42 Å². The van der Waals surface area contributed by atoms with Crippen molar-refractivity contribution in [2.75, 3.05) is 5.75 Å². The standard InChI is InChI=1S/C20H40O8S2/c1-2-3-4-5-6-7-8-9-10-11-12-13-14-15-16-20(19(21)22,30(26,27)28)17-18-29(23,24)25/h2-18H2,1H3,(H,21,22)(H,23,24,25)(H,26,27,28). The SMILES string of the molecule is CCCCCCCCCCCCCCCCC(CCS(=O)(=O)O)(C(=O)O)S(=O)(=O)O. The van der Waals surface area contributed by atoms with Crippen molar-refractivity contribution < 1.29 is 35.8 Å². The molecule has 0 aliphatic heterocycles. The third kappa shape index (κ3) is 12.9. The van der Waals surface area contributed by atoms with Crippen molar-refractivity contribution in [3.8, 4) is 0 Å². The van der Waals surface area contributed by atoms with Crippen LogP contribution < -0.4 is 0 Å². The highest BCUT2D eigenvalue weighted by Gasteiger charge is 2.50. The summed E-state index contributed by atoms with van der Waals surface area (Å²) in [4.78, 5) is 11.5. The number of unbranched alkanes of at least 4 members (excludes halogenated alkanes) is 13. The zero-order valence-electron chi connectivity index (χ0n) is 18.2. The molecule has 0 amide bonds. The number of carboxylic acids is 1. The van der Waals surface area contributed by atoms with E-state index in [1.807, 2.05) is 0 Å². The minimum absolute atomic E-state index is 0.231. The van der Waals surface area contributed by atoms with Gasteiger partial charge in [-0.05, 0) is 12.8 Å². The fourth-order valence-electron chi connectivity index (χ4n) is 3.61. The molecule has 0 heterocycles. The Morgan fingerprint density at radius 3 is 1.33 bits per heavy atom. The summed E-state index contributed by atoms with van der Waals surface area (Å²) in [6, 6.07) is 0. The van der Waals surface area contributed by atoms with E-state index in [0.717, 1.165) is 25.7 Å². The average Bonchev–Trinajstić information content (AvgIpc) is 2.62. The summed E-state index contributed by atoms with van der Waals surface area (Å²) in [6.07, 6.45) is 13.8. The maximum atomic E-state index is 11.7. The van der Waals surface area contributed by atoms with Gasteiger partial charge in [0.1, 0.15) is 0 Å². The largest absolute Gasteiger partial charge is 0.480 e. The molecule has 0 spiro atoms. The van der Waals surface area contributed by atoms with Crippen molar-refractivity contribution in [2.24, 2.45) is 0 Å². The molecule has 0 aliphatic rings. The monoisotopic (exact) mass is 472 g/mol. The zero-order chi connectivity index (χ0) is 23.1. The summed E-state index contributed by atoms with van der Waals surface area (Å²) in [5.41, 5.74) is 0. The molecule has 0 aromatic carbocycles. The van der Waals surface area contributed by atoms with E-state index in [1.54, 1.807) is 0 Å². The van der Waals surface area contributed by atoms with Crippen LogP contribution in [0.5, 0.6) is 0 Å². The molecule has 0 fully saturated rings. The predicted molar refractivity (Wildman–Crippen MR) is 118 cm³/mol. The van der Waals surface area contributed by atoms with Gasteiger partial charge in [-0.1, -0.05) is 96.8 Å². The Bertz CT molecular complexity index is 673. The number of hydrogen-bond acceptors (Lipinski definition) is 5. The van der Waals surface area contributed by atoms with Crippen molar-refractivity contribution in [1.82, 2.24) is 0 Å². The van der Waals surface area contributed by atoms with Crippen LogP contribution >= 0.6 is 0 Å². The van der Waals surface area contributed by atoms with Crippen LogP contribution in [0.25, 0.3) is 0 Å². The van der Waals surface area contributed by atoms with Gasteiger partial charge in [0.2, 0.25) is 0 Å². The van der Waals surface area contributed by atoms with Crippen LogP contribution in [0.4, 0.5) is 0 Å². The highest BCUT2D eigenvalue weighted by Crippen LogP contribution is 2.29. The molecule has 10 heteroatoms. The third-order valence-electron chi connectivity index (χ3n) is 5.58. The Kier molecular flexibility index (Phi) is 14.8. The van der Waals surface area contributed by atoms with Crippen LogP contribution in [0.15, 0.2) is 0 Å². The molecule has 0 aromatic heterocycles. The van der Waals surface area contributed by atoms with Gasteiger partial charge in [-0.2, -0.15) is 16.8 Å². The molecule has 3 N–H and O–H groups in total. The van der Waals surface area contributed by atoms with Crippen molar-refractivity contribution in [3.63, 3.8) is 0 Å². The number of carbonyl (C=O) groups is 1. The molecular formula is C20H40O8S2. The summed E-state index contributed by atoms with van der Waals surface area (Å²) in [5, 5.41) is 9.34. The smallest absolute Gasteiger partial charge is 0.327 e. The molecule has 0 rings (SSSR count). The first-order valence-corrected chi connectivity index (χ1v) is 14.2.